The van der Waals surface area contributed by atoms with Gasteiger partial charge in [0.1, 0.15) is 23.0 Å². The van der Waals surface area contributed by atoms with Gasteiger partial charge in [-0.05, 0) is 147 Å². The van der Waals surface area contributed by atoms with E-state index < -0.39 is 30.7 Å². The van der Waals surface area contributed by atoms with Crippen molar-refractivity contribution in [1.29, 1.82) is 0 Å². The van der Waals surface area contributed by atoms with Crippen LogP contribution in [0, 0.1) is 0 Å². The van der Waals surface area contributed by atoms with Crippen molar-refractivity contribution in [3.05, 3.63) is 158 Å². The maximum Gasteiger partial charge on any atom is 0.409 e. The van der Waals surface area contributed by atoms with Crippen LogP contribution < -0.4 is 18.9 Å². The average Bonchev–Trinajstić information content (AvgIpc) is 1.10. The molecule has 0 aliphatic heterocycles. The quantitative estimate of drug-likeness (QED) is 0.0157. The third-order valence-corrected chi connectivity index (χ3v) is 20.6. The lowest BCUT2D eigenvalue weighted by Crippen LogP contribution is -2.51. The minimum absolute atomic E-state index is 0.167. The summed E-state index contributed by atoms with van der Waals surface area (Å²) < 4.78 is 129. The van der Waals surface area contributed by atoms with Crippen molar-refractivity contribution in [3.63, 3.8) is 0 Å². The fraction of sp³-hybridized carbons (Fsp3) is 0.486. The number of rotatable bonds is 41. The topological polar surface area (TPSA) is 151 Å². The van der Waals surface area contributed by atoms with Crippen LogP contribution in [0.5, 0.6) is 23.0 Å². The van der Waals surface area contributed by atoms with E-state index in [0.717, 1.165) is 75.1 Å². The van der Waals surface area contributed by atoms with E-state index in [-0.39, 0.29) is 21.8 Å². The van der Waals surface area contributed by atoms with Gasteiger partial charge in [0.2, 0.25) is 0 Å². The van der Waals surface area contributed by atoms with Crippen LogP contribution in [0.2, 0.25) is 0 Å². The van der Waals surface area contributed by atoms with Crippen LogP contribution >= 0.6 is 0 Å². The molecule has 0 radical (unpaired) electrons. The predicted molar refractivity (Wildman–Crippen MR) is 348 cm³/mol. The molecule has 0 bridgehead atoms. The molecule has 6 aromatic carbocycles. The Morgan fingerprint density at radius 2 is 0.477 bits per heavy atom. The van der Waals surface area contributed by atoms with Crippen LogP contribution in [0.15, 0.2) is 187 Å². The smallest absolute Gasteiger partial charge is 0.409 e. The van der Waals surface area contributed by atoms with E-state index in [1.807, 2.05) is 0 Å². The first kappa shape index (κ1) is 75.2. The van der Waals surface area contributed by atoms with Gasteiger partial charge in [-0.25, -0.2) is 16.8 Å². The second-order valence-electron chi connectivity index (χ2n) is 21.5. The Hall–Kier alpha value is -5.24. The number of benzene rings is 6. The van der Waals surface area contributed by atoms with Crippen LogP contribution in [0.1, 0.15) is 182 Å². The molecule has 0 unspecified atom stereocenters. The normalized spacial score (nSPS) is 11.8. The molecule has 0 saturated carbocycles. The van der Waals surface area contributed by atoms with Crippen molar-refractivity contribution in [1.82, 2.24) is 0 Å². The second-order valence-corrected chi connectivity index (χ2v) is 28.4. The van der Waals surface area contributed by atoms with Crippen molar-refractivity contribution >= 4 is 42.0 Å². The van der Waals surface area contributed by atoms with E-state index in [9.17, 15) is 43.5 Å². The fourth-order valence-electron chi connectivity index (χ4n) is 9.20. The highest BCUT2D eigenvalue weighted by molar-refractivity contribution is 7.97. The molecule has 0 spiro atoms. The Kier molecular flexibility index (Phi) is 35.8. The van der Waals surface area contributed by atoms with Gasteiger partial charge in [0.15, 0.2) is 49.6 Å². The number of hydrogen-bond donors (Lipinski definition) is 0. The van der Waals surface area contributed by atoms with Crippen molar-refractivity contribution < 1.29 is 62.5 Å². The maximum atomic E-state index is 12.0. The van der Waals surface area contributed by atoms with E-state index in [4.69, 9.17) is 18.9 Å². The lowest BCUT2D eigenvalue weighted by molar-refractivity contribution is -0.106. The maximum absolute atomic E-state index is 12.0. The minimum atomic E-state index is -6.96. The highest BCUT2D eigenvalue weighted by Gasteiger charge is 2.66. The molecular weight excluding hydrogens is 1210 g/mol. The van der Waals surface area contributed by atoms with Gasteiger partial charge in [-0.15, -0.1) is 0 Å². The molecule has 18 heteroatoms. The van der Waals surface area contributed by atoms with Gasteiger partial charge in [-0.1, -0.05) is 193 Å². The fourth-order valence-corrected chi connectivity index (χ4v) is 14.5. The zero-order valence-electron chi connectivity index (χ0n) is 52.0. The molecule has 0 heterocycles. The van der Waals surface area contributed by atoms with E-state index in [0.29, 0.717) is 0 Å². The third kappa shape index (κ3) is 27.1. The van der Waals surface area contributed by atoms with Crippen LogP contribution in [0.25, 0.3) is 0 Å². The molecule has 0 aliphatic rings. The summed E-state index contributed by atoms with van der Waals surface area (Å²) >= 11 is 0. The molecule has 88 heavy (non-hydrogen) atoms. The molecule has 0 saturated heterocycles. The first-order chi connectivity index (χ1) is 42.4. The Morgan fingerprint density at radius 1 is 0.295 bits per heavy atom. The van der Waals surface area contributed by atoms with Gasteiger partial charge < -0.3 is 28.1 Å². The monoisotopic (exact) mass is 1300 g/mol. The van der Waals surface area contributed by atoms with Crippen molar-refractivity contribution in [2.75, 3.05) is 26.4 Å². The highest BCUT2D eigenvalue weighted by atomic mass is 32.2. The van der Waals surface area contributed by atoms with Crippen molar-refractivity contribution in [3.8, 4) is 23.0 Å². The summed E-state index contributed by atoms with van der Waals surface area (Å²) in [6.45, 7) is 12.3. The molecule has 6 rings (SSSR count). The summed E-state index contributed by atoms with van der Waals surface area (Å²) in [5.74, 6) is 3.86. The Balaban J connectivity index is 0.000000310. The van der Waals surface area contributed by atoms with Crippen LogP contribution in [-0.4, -0.2) is 62.9 Å². The van der Waals surface area contributed by atoms with E-state index >= 15 is 0 Å². The van der Waals surface area contributed by atoms with E-state index in [1.54, 1.807) is 0 Å². The zero-order chi connectivity index (χ0) is 63.9. The van der Waals surface area contributed by atoms with Gasteiger partial charge in [-0.3, -0.25) is 0 Å². The second kappa shape index (κ2) is 41.9. The zero-order valence-corrected chi connectivity index (χ0v) is 55.3. The van der Waals surface area contributed by atoms with Crippen LogP contribution in [0.4, 0.5) is 17.6 Å². The van der Waals surface area contributed by atoms with Gasteiger partial charge >= 0.3 is 10.5 Å². The first-order valence-electron chi connectivity index (χ1n) is 31.5. The van der Waals surface area contributed by atoms with Crippen molar-refractivity contribution in [2.24, 2.45) is 0 Å². The molecule has 486 valence electrons. The van der Waals surface area contributed by atoms with Gasteiger partial charge in [0.25, 0.3) is 0 Å². The minimum Gasteiger partial charge on any atom is -0.743 e. The summed E-state index contributed by atoms with van der Waals surface area (Å²) in [5, 5.41) is -13.0. The van der Waals surface area contributed by atoms with Gasteiger partial charge in [0, 0.05) is 0 Å². The van der Waals surface area contributed by atoms with Crippen LogP contribution in [0.3, 0.4) is 0 Å². The predicted octanol–water partition coefficient (Wildman–Crippen LogP) is 19.8. The Labute approximate surface area is 530 Å². The number of ether oxygens (including phenoxy) is 4. The molecule has 0 N–H and O–H groups in total. The summed E-state index contributed by atoms with van der Waals surface area (Å²) in [7, 11) is -14.2. The molecule has 0 amide bonds. The van der Waals surface area contributed by atoms with Crippen LogP contribution in [-0.2, 0) is 42.0 Å². The highest BCUT2D eigenvalue weighted by Crippen LogP contribution is 2.42. The molecule has 0 fully saturated rings. The summed E-state index contributed by atoms with van der Waals surface area (Å²) in [5.41, 5.74) is 0. The standard InChI is InChI=1S/2C34H47O2S.C2H2F4O6S2/c2*1-3-5-7-9-11-16-28-35-30-20-24-33(25-21-30)37(32-18-14-13-15-19-32)34-26-22-31(23-27-34)36-29-17-12-10-8-6-4-2;3-1(4,13(7,8)9)2(5,6)14(10,11)12/h2*13-15,18-27H,3-12,16-17,28-29H2,1-2H3;(H,7,8,9)(H,10,11,12)/q2*+1;/p-2. The molecule has 10 nitrogen and oxygen atoms in total. The molecular formula is C70H94F4O10S4. The summed E-state index contributed by atoms with van der Waals surface area (Å²) in [6.07, 6.45) is 30.8. The summed E-state index contributed by atoms with van der Waals surface area (Å²) in [6, 6.07) is 56.5. The number of halogens is 4. The SMILES string of the molecule is CCCCCCCCOc1ccc([S+](c2ccccc2)c2ccc(OCCCCCCCC)cc2)cc1.CCCCCCCCOc1ccc([S+](c2ccccc2)c2ccc(OCCCCCCCC)cc2)cc1.O=S(=O)([O-])C(F)(F)C(F)(F)S(=O)(=O)[O-]. The average molecular weight is 1300 g/mol. The van der Waals surface area contributed by atoms with E-state index in [2.05, 4.69) is 185 Å². The first-order valence-corrected chi connectivity index (χ1v) is 36.8. The van der Waals surface area contributed by atoms with Gasteiger partial charge in [-0.2, -0.15) is 17.6 Å². The summed E-state index contributed by atoms with van der Waals surface area (Å²) in [4.78, 5) is 7.86. The molecule has 0 atom stereocenters. The molecule has 6 aromatic rings. The number of hydrogen-bond acceptors (Lipinski definition) is 10. The number of alkyl halides is 4. The molecule has 0 aliphatic carbocycles. The lowest BCUT2D eigenvalue weighted by atomic mass is 10.1. The van der Waals surface area contributed by atoms with Gasteiger partial charge in [0.05, 0.1) is 48.2 Å². The largest absolute Gasteiger partial charge is 0.743 e. The Morgan fingerprint density at radius 3 is 0.670 bits per heavy atom. The van der Waals surface area contributed by atoms with E-state index in [1.165, 1.54) is 158 Å². The molecule has 0 aromatic heterocycles. The van der Waals surface area contributed by atoms with Crippen molar-refractivity contribution in [2.45, 2.75) is 222 Å². The lowest BCUT2D eigenvalue weighted by Gasteiger charge is -2.29. The number of unbranched alkanes of at least 4 members (excludes halogenated alkanes) is 20. The third-order valence-electron chi connectivity index (χ3n) is 14.2. The Bertz CT molecular complexity index is 2650.